The van der Waals surface area contributed by atoms with E-state index in [1.807, 2.05) is 0 Å². The average molecular weight is 448 g/mol. The van der Waals surface area contributed by atoms with Crippen molar-refractivity contribution in [1.29, 1.82) is 0 Å². The van der Waals surface area contributed by atoms with Crippen LogP contribution in [0, 0.1) is 5.92 Å². The molecule has 3 aromatic rings. The fraction of sp³-hybridized carbons (Fsp3) is 0.258. The third-order valence-corrected chi connectivity index (χ3v) is 6.85. The predicted molar refractivity (Wildman–Crippen MR) is 143 cm³/mol. The Morgan fingerprint density at radius 2 is 1.35 bits per heavy atom. The van der Waals surface area contributed by atoms with Crippen LogP contribution in [0.4, 0.5) is 0 Å². The molecule has 3 unspecified atom stereocenters. The number of benzene rings is 3. The first-order valence-electron chi connectivity index (χ1n) is 12.1. The van der Waals surface area contributed by atoms with Crippen LogP contribution in [0.15, 0.2) is 108 Å². The smallest absolute Gasteiger partial charge is 0.158 e. The molecule has 1 aliphatic carbocycles. The standard InChI is InChI=1S/C31H33N3/c1-22-10-8-9-13-28(22)34-29(25-16-14-24(15-17-25)23-11-6-5-7-12-23)32-33-30(34)26-18-20-27(21-19-26)31(2,3)4/h5-22,28-29,32H,1-4H3. The van der Waals surface area contributed by atoms with Crippen molar-refractivity contribution in [1.82, 2.24) is 10.3 Å². The van der Waals surface area contributed by atoms with E-state index < -0.39 is 0 Å². The van der Waals surface area contributed by atoms with Crippen LogP contribution in [0.2, 0.25) is 0 Å². The molecule has 172 valence electrons. The van der Waals surface area contributed by atoms with E-state index in [1.54, 1.807) is 0 Å². The molecule has 0 spiro atoms. The lowest BCUT2D eigenvalue weighted by molar-refractivity contribution is 0.234. The highest BCUT2D eigenvalue weighted by Gasteiger charge is 2.36. The van der Waals surface area contributed by atoms with Gasteiger partial charge in [-0.15, -0.1) is 0 Å². The topological polar surface area (TPSA) is 27.6 Å². The van der Waals surface area contributed by atoms with E-state index in [2.05, 4.69) is 141 Å². The van der Waals surface area contributed by atoms with Gasteiger partial charge in [-0.25, -0.2) is 0 Å². The molecule has 0 radical (unpaired) electrons. The van der Waals surface area contributed by atoms with E-state index in [9.17, 15) is 0 Å². The zero-order chi connectivity index (χ0) is 23.7. The molecule has 34 heavy (non-hydrogen) atoms. The zero-order valence-corrected chi connectivity index (χ0v) is 20.4. The highest BCUT2D eigenvalue weighted by molar-refractivity contribution is 6.00. The van der Waals surface area contributed by atoms with Crippen molar-refractivity contribution < 1.29 is 0 Å². The minimum Gasteiger partial charge on any atom is -0.322 e. The fourth-order valence-corrected chi connectivity index (χ4v) is 4.79. The maximum Gasteiger partial charge on any atom is 0.158 e. The molecule has 0 fully saturated rings. The van der Waals surface area contributed by atoms with Gasteiger partial charge in [0.15, 0.2) is 5.84 Å². The molecule has 3 aromatic carbocycles. The minimum atomic E-state index is -0.0225. The predicted octanol–water partition coefficient (Wildman–Crippen LogP) is 7.05. The lowest BCUT2D eigenvalue weighted by Crippen LogP contribution is -2.44. The second-order valence-corrected chi connectivity index (χ2v) is 10.3. The highest BCUT2D eigenvalue weighted by Crippen LogP contribution is 2.34. The average Bonchev–Trinajstić information content (AvgIpc) is 3.29. The summed E-state index contributed by atoms with van der Waals surface area (Å²) in [5.74, 6) is 1.38. The molecule has 3 atom stereocenters. The second kappa shape index (κ2) is 8.98. The number of nitrogens with one attached hydrogen (secondary N) is 1. The Labute approximate surface area is 203 Å². The Bertz CT molecular complexity index is 1210. The third kappa shape index (κ3) is 4.31. The number of hydrogen-bond acceptors (Lipinski definition) is 3. The van der Waals surface area contributed by atoms with E-state index in [1.165, 1.54) is 22.3 Å². The summed E-state index contributed by atoms with van der Waals surface area (Å²) in [5, 5.41) is 4.86. The number of hydrazone groups is 1. The molecule has 3 heteroatoms. The molecule has 0 amide bonds. The number of hydrogen-bond donors (Lipinski definition) is 1. The summed E-state index contributed by atoms with van der Waals surface area (Å²) in [6, 6.07) is 28.5. The zero-order valence-electron chi connectivity index (χ0n) is 20.4. The molecule has 0 saturated carbocycles. The number of rotatable bonds is 4. The van der Waals surface area contributed by atoms with Gasteiger partial charge in [-0.05, 0) is 33.6 Å². The third-order valence-electron chi connectivity index (χ3n) is 6.85. The van der Waals surface area contributed by atoms with E-state index >= 15 is 0 Å². The van der Waals surface area contributed by atoms with Crippen molar-refractivity contribution >= 4 is 5.84 Å². The van der Waals surface area contributed by atoms with E-state index in [-0.39, 0.29) is 17.6 Å². The van der Waals surface area contributed by atoms with Gasteiger partial charge in [0.25, 0.3) is 0 Å². The van der Waals surface area contributed by atoms with Crippen LogP contribution in [-0.4, -0.2) is 16.8 Å². The number of nitrogens with zero attached hydrogens (tertiary/aromatic N) is 2. The van der Waals surface area contributed by atoms with Gasteiger partial charge in [0, 0.05) is 5.56 Å². The Morgan fingerprint density at radius 1 is 0.735 bits per heavy atom. The van der Waals surface area contributed by atoms with Crippen LogP contribution in [-0.2, 0) is 5.41 Å². The molecular formula is C31H33N3. The minimum absolute atomic E-state index is 0.0225. The van der Waals surface area contributed by atoms with Crippen molar-refractivity contribution in [2.24, 2.45) is 11.0 Å². The maximum atomic E-state index is 4.86. The molecule has 5 rings (SSSR count). The second-order valence-electron chi connectivity index (χ2n) is 10.3. The summed E-state index contributed by atoms with van der Waals surface area (Å²) in [5.41, 5.74) is 9.71. The molecule has 0 bridgehead atoms. The molecule has 1 heterocycles. The van der Waals surface area contributed by atoms with Gasteiger partial charge < -0.3 is 4.90 Å². The van der Waals surface area contributed by atoms with Crippen molar-refractivity contribution in [2.75, 3.05) is 0 Å². The van der Waals surface area contributed by atoms with Crippen molar-refractivity contribution in [3.05, 3.63) is 120 Å². The van der Waals surface area contributed by atoms with Gasteiger partial charge >= 0.3 is 0 Å². The monoisotopic (exact) mass is 447 g/mol. The number of amidine groups is 1. The van der Waals surface area contributed by atoms with Crippen molar-refractivity contribution in [3.63, 3.8) is 0 Å². The molecule has 3 nitrogen and oxygen atoms in total. The Morgan fingerprint density at radius 3 is 2.00 bits per heavy atom. The summed E-state index contributed by atoms with van der Waals surface area (Å²) < 4.78 is 0. The van der Waals surface area contributed by atoms with Gasteiger partial charge in [-0.1, -0.05) is 131 Å². The largest absolute Gasteiger partial charge is 0.322 e. The van der Waals surface area contributed by atoms with Gasteiger partial charge in [0.1, 0.15) is 6.17 Å². The quantitative estimate of drug-likeness (QED) is 0.464. The summed E-state index contributed by atoms with van der Waals surface area (Å²) in [6.45, 7) is 9.02. The van der Waals surface area contributed by atoms with Crippen LogP contribution < -0.4 is 5.43 Å². The first-order valence-corrected chi connectivity index (χ1v) is 12.1. The lowest BCUT2D eigenvalue weighted by Gasteiger charge is -2.37. The van der Waals surface area contributed by atoms with E-state index in [0.717, 1.165) is 11.4 Å². The van der Waals surface area contributed by atoms with Gasteiger partial charge in [0.05, 0.1) is 6.04 Å². The number of allylic oxidation sites excluding steroid dienone is 2. The van der Waals surface area contributed by atoms with Gasteiger partial charge in [-0.3, -0.25) is 5.43 Å². The van der Waals surface area contributed by atoms with Gasteiger partial charge in [-0.2, -0.15) is 5.10 Å². The maximum absolute atomic E-state index is 4.86. The molecule has 2 aliphatic rings. The SMILES string of the molecule is CC1C=CC=CC1N1C(c2ccc(C(C)(C)C)cc2)=NNC1c1ccc(-c2ccccc2)cc1. The summed E-state index contributed by atoms with van der Waals surface area (Å²) in [7, 11) is 0. The highest BCUT2D eigenvalue weighted by atomic mass is 15.5. The summed E-state index contributed by atoms with van der Waals surface area (Å²) >= 11 is 0. The molecule has 1 aliphatic heterocycles. The first-order chi connectivity index (χ1) is 16.4. The van der Waals surface area contributed by atoms with Crippen LogP contribution in [0.5, 0.6) is 0 Å². The molecular weight excluding hydrogens is 414 g/mol. The van der Waals surface area contributed by atoms with E-state index in [4.69, 9.17) is 5.10 Å². The van der Waals surface area contributed by atoms with Crippen molar-refractivity contribution in [2.45, 2.75) is 45.3 Å². The molecule has 0 aromatic heterocycles. The normalized spacial score (nSPS) is 21.9. The summed E-state index contributed by atoms with van der Waals surface area (Å²) in [4.78, 5) is 2.44. The lowest BCUT2D eigenvalue weighted by atomic mass is 9.86. The molecule has 0 saturated heterocycles. The Balaban J connectivity index is 1.48. The van der Waals surface area contributed by atoms with Crippen LogP contribution >= 0.6 is 0 Å². The Hall–Kier alpha value is -3.59. The van der Waals surface area contributed by atoms with Gasteiger partial charge in [0.2, 0.25) is 0 Å². The molecule has 1 N–H and O–H groups in total. The Kier molecular flexibility index (Phi) is 5.87. The van der Waals surface area contributed by atoms with E-state index in [0.29, 0.717) is 5.92 Å². The van der Waals surface area contributed by atoms with Crippen LogP contribution in [0.25, 0.3) is 11.1 Å². The first kappa shape index (κ1) is 22.2. The van der Waals surface area contributed by atoms with Crippen LogP contribution in [0.3, 0.4) is 0 Å². The summed E-state index contributed by atoms with van der Waals surface area (Å²) in [6.07, 6.45) is 8.84. The van der Waals surface area contributed by atoms with Crippen LogP contribution in [0.1, 0.15) is 50.6 Å². The van der Waals surface area contributed by atoms with Crippen molar-refractivity contribution in [3.8, 4) is 11.1 Å². The fourth-order valence-electron chi connectivity index (χ4n) is 4.79.